The Hall–Kier alpha value is -2.65. The first kappa shape index (κ1) is 15.3. The smallest absolute Gasteiger partial charge is 0.232 e. The lowest BCUT2D eigenvalue weighted by molar-refractivity contribution is 0.120. The molecule has 0 radical (unpaired) electrons. The number of hydrogen-bond acceptors (Lipinski definition) is 5. The number of halogens is 1. The molecule has 1 atom stereocenters. The van der Waals surface area contributed by atoms with E-state index in [4.69, 9.17) is 14.4 Å². The summed E-state index contributed by atoms with van der Waals surface area (Å²) in [6.45, 7) is 1.37. The first-order chi connectivity index (χ1) is 11.2. The highest BCUT2D eigenvalue weighted by molar-refractivity contribution is 5.67. The van der Waals surface area contributed by atoms with Crippen LogP contribution in [-0.2, 0) is 4.74 Å². The fraction of sp³-hybridized carbons (Fsp3) is 0.294. The van der Waals surface area contributed by atoms with E-state index in [1.807, 2.05) is 6.07 Å². The molecule has 6 heteroatoms. The van der Waals surface area contributed by atoms with Crippen molar-refractivity contribution < 1.29 is 13.5 Å². The molecule has 0 unspecified atom stereocenters. The lowest BCUT2D eigenvalue weighted by Gasteiger charge is -2.09. The molecule has 0 bridgehead atoms. The topological polar surface area (TPSA) is 71.1 Å². The zero-order valence-electron chi connectivity index (χ0n) is 12.5. The number of rotatable bonds is 5. The highest BCUT2D eigenvalue weighted by Crippen LogP contribution is 2.20. The van der Waals surface area contributed by atoms with Crippen molar-refractivity contribution in [3.8, 4) is 6.07 Å². The molecule has 1 N–H and O–H groups in total. The molecule has 1 fully saturated rings. The van der Waals surface area contributed by atoms with Gasteiger partial charge in [-0.25, -0.2) is 4.39 Å². The number of nitrogens with one attached hydrogen (secondary N) is 1. The van der Waals surface area contributed by atoms with Crippen LogP contribution in [0.5, 0.6) is 0 Å². The second-order valence-electron chi connectivity index (χ2n) is 5.24. The summed E-state index contributed by atoms with van der Waals surface area (Å²) in [7, 11) is 0. The molecule has 0 spiro atoms. The fourth-order valence-electron chi connectivity index (χ4n) is 2.36. The van der Waals surface area contributed by atoms with E-state index < -0.39 is 0 Å². The predicted molar refractivity (Wildman–Crippen MR) is 84.0 cm³/mol. The van der Waals surface area contributed by atoms with Crippen molar-refractivity contribution in [2.45, 2.75) is 18.9 Å². The van der Waals surface area contributed by atoms with Crippen LogP contribution in [0.2, 0.25) is 0 Å². The molecule has 0 saturated carbocycles. The van der Waals surface area contributed by atoms with Gasteiger partial charge in [0.1, 0.15) is 11.9 Å². The fourth-order valence-corrected chi connectivity index (χ4v) is 2.36. The van der Waals surface area contributed by atoms with Crippen molar-refractivity contribution in [3.63, 3.8) is 0 Å². The summed E-state index contributed by atoms with van der Waals surface area (Å²) in [6, 6.07) is 8.06. The van der Waals surface area contributed by atoms with Gasteiger partial charge >= 0.3 is 0 Å². The third-order valence-corrected chi connectivity index (χ3v) is 3.55. The Morgan fingerprint density at radius 1 is 1.35 bits per heavy atom. The first-order valence-corrected chi connectivity index (χ1v) is 7.44. The maximum Gasteiger partial charge on any atom is 0.232 e. The monoisotopic (exact) mass is 313 g/mol. The van der Waals surface area contributed by atoms with E-state index in [-0.39, 0.29) is 17.6 Å². The van der Waals surface area contributed by atoms with Crippen molar-refractivity contribution in [3.05, 3.63) is 47.2 Å². The van der Waals surface area contributed by atoms with E-state index in [2.05, 4.69) is 10.3 Å². The number of benzene rings is 1. The second kappa shape index (κ2) is 7.07. The van der Waals surface area contributed by atoms with Crippen LogP contribution >= 0.6 is 0 Å². The minimum Gasteiger partial charge on any atom is -0.420 e. The zero-order valence-corrected chi connectivity index (χ0v) is 12.5. The summed E-state index contributed by atoms with van der Waals surface area (Å²) in [4.78, 5) is 4.11. The summed E-state index contributed by atoms with van der Waals surface area (Å²) in [5.74, 6) is 0.383. The third kappa shape index (κ3) is 3.96. The summed E-state index contributed by atoms with van der Waals surface area (Å²) in [5, 5.41) is 12.2. The van der Waals surface area contributed by atoms with Gasteiger partial charge in [-0.1, -0.05) is 12.1 Å². The maximum atomic E-state index is 12.9. The van der Waals surface area contributed by atoms with Crippen LogP contribution in [0.25, 0.3) is 12.2 Å². The lowest BCUT2D eigenvalue weighted by atomic mass is 10.2. The van der Waals surface area contributed by atoms with Crippen LogP contribution in [0, 0.1) is 17.1 Å². The van der Waals surface area contributed by atoms with Crippen LogP contribution in [0.4, 0.5) is 10.3 Å². The van der Waals surface area contributed by atoms with Crippen molar-refractivity contribution in [2.24, 2.45) is 0 Å². The lowest BCUT2D eigenvalue weighted by Crippen LogP contribution is -2.18. The summed E-state index contributed by atoms with van der Waals surface area (Å²) < 4.78 is 23.9. The molecular weight excluding hydrogens is 297 g/mol. The van der Waals surface area contributed by atoms with Gasteiger partial charge in [0, 0.05) is 19.2 Å². The molecule has 0 aliphatic carbocycles. The summed E-state index contributed by atoms with van der Waals surface area (Å²) in [5.41, 5.74) is 1.03. The molecule has 1 aromatic carbocycles. The van der Waals surface area contributed by atoms with Gasteiger partial charge in [0.05, 0.1) is 6.10 Å². The molecule has 5 nitrogen and oxygen atoms in total. The molecule has 23 heavy (non-hydrogen) atoms. The average molecular weight is 313 g/mol. The minimum atomic E-state index is -0.286. The van der Waals surface area contributed by atoms with Gasteiger partial charge in [-0.2, -0.15) is 10.2 Å². The molecule has 0 amide bonds. The number of hydrogen-bond donors (Lipinski definition) is 1. The molecule has 1 aliphatic rings. The summed E-state index contributed by atoms with van der Waals surface area (Å²) in [6.07, 6.45) is 5.59. The predicted octanol–water partition coefficient (Wildman–Crippen LogP) is 3.45. The van der Waals surface area contributed by atoms with Crippen molar-refractivity contribution in [1.82, 2.24) is 4.98 Å². The van der Waals surface area contributed by atoms with Crippen LogP contribution in [0.15, 0.2) is 28.7 Å². The SMILES string of the molecule is N#Cc1nc(/C=C/c2ccc(F)cc2)oc1NC[C@H]1CCCO1. The Bertz CT molecular complexity index is 725. The van der Waals surface area contributed by atoms with Crippen molar-refractivity contribution >= 4 is 18.0 Å². The average Bonchev–Trinajstić information content (AvgIpc) is 3.21. The number of anilines is 1. The Morgan fingerprint density at radius 3 is 2.87 bits per heavy atom. The molecule has 2 aromatic rings. The van der Waals surface area contributed by atoms with Gasteiger partial charge in [-0.3, -0.25) is 0 Å². The van der Waals surface area contributed by atoms with Crippen LogP contribution in [-0.4, -0.2) is 24.2 Å². The van der Waals surface area contributed by atoms with E-state index in [1.54, 1.807) is 24.3 Å². The first-order valence-electron chi connectivity index (χ1n) is 7.44. The largest absolute Gasteiger partial charge is 0.420 e. The van der Waals surface area contributed by atoms with Gasteiger partial charge in [0.25, 0.3) is 0 Å². The Kier molecular flexibility index (Phi) is 4.69. The van der Waals surface area contributed by atoms with Gasteiger partial charge in [0.15, 0.2) is 0 Å². The molecule has 1 saturated heterocycles. The van der Waals surface area contributed by atoms with E-state index in [0.29, 0.717) is 18.3 Å². The van der Waals surface area contributed by atoms with Crippen molar-refractivity contribution in [1.29, 1.82) is 5.26 Å². The second-order valence-corrected chi connectivity index (χ2v) is 5.24. The molecule has 1 aromatic heterocycles. The number of ether oxygens (including phenoxy) is 1. The molecule has 3 rings (SSSR count). The van der Waals surface area contributed by atoms with E-state index in [9.17, 15) is 4.39 Å². The number of nitrogens with zero attached hydrogens (tertiary/aromatic N) is 2. The van der Waals surface area contributed by atoms with Gasteiger partial charge in [-0.15, -0.1) is 0 Å². The van der Waals surface area contributed by atoms with Gasteiger partial charge in [-0.05, 0) is 36.6 Å². The quantitative estimate of drug-likeness (QED) is 0.915. The molecule has 2 heterocycles. The zero-order chi connectivity index (χ0) is 16.1. The highest BCUT2D eigenvalue weighted by atomic mass is 19.1. The van der Waals surface area contributed by atoms with E-state index >= 15 is 0 Å². The Morgan fingerprint density at radius 2 is 2.17 bits per heavy atom. The third-order valence-electron chi connectivity index (χ3n) is 3.55. The maximum absolute atomic E-state index is 12.9. The van der Waals surface area contributed by atoms with E-state index in [0.717, 1.165) is 25.0 Å². The van der Waals surface area contributed by atoms with Crippen LogP contribution < -0.4 is 5.32 Å². The number of nitriles is 1. The van der Waals surface area contributed by atoms with Crippen LogP contribution in [0.3, 0.4) is 0 Å². The van der Waals surface area contributed by atoms with Gasteiger partial charge < -0.3 is 14.5 Å². The van der Waals surface area contributed by atoms with Crippen LogP contribution in [0.1, 0.15) is 30.0 Å². The van der Waals surface area contributed by atoms with Gasteiger partial charge in [0.2, 0.25) is 17.5 Å². The Labute approximate surface area is 133 Å². The normalized spacial score (nSPS) is 17.5. The summed E-state index contributed by atoms with van der Waals surface area (Å²) >= 11 is 0. The van der Waals surface area contributed by atoms with E-state index in [1.165, 1.54) is 12.1 Å². The Balaban J connectivity index is 1.68. The highest BCUT2D eigenvalue weighted by Gasteiger charge is 2.17. The van der Waals surface area contributed by atoms with Crippen molar-refractivity contribution in [2.75, 3.05) is 18.5 Å². The standard InChI is InChI=1S/C17H16FN3O2/c18-13-6-3-12(4-7-13)5-8-16-21-15(10-19)17(23-16)20-11-14-2-1-9-22-14/h3-8,14,20H,1-2,9,11H2/b8-5+/t14-/m1/s1. The molecular formula is C17H16FN3O2. The number of oxazole rings is 1. The molecule has 1 aliphatic heterocycles. The minimum absolute atomic E-state index is 0.143. The number of aromatic nitrogens is 1. The molecule has 118 valence electrons.